The topological polar surface area (TPSA) is 127 Å². The van der Waals surface area contributed by atoms with Gasteiger partial charge in [0.1, 0.15) is 0 Å². The number of carbonyl (C=O) groups excluding carboxylic acids is 4. The first-order chi connectivity index (χ1) is 22.6. The number of para-hydroxylation sites is 1. The molecule has 2 aliphatic heterocycles. The van der Waals surface area contributed by atoms with E-state index in [0.29, 0.717) is 41.4 Å². The number of benzene rings is 3. The van der Waals surface area contributed by atoms with Crippen LogP contribution in [0.3, 0.4) is 0 Å². The summed E-state index contributed by atoms with van der Waals surface area (Å²) in [5.74, 6) is -2.14. The summed E-state index contributed by atoms with van der Waals surface area (Å²) >= 11 is 6.06. The molecule has 6 rings (SSSR count). The summed E-state index contributed by atoms with van der Waals surface area (Å²) in [7, 11) is 0. The third-order valence-electron chi connectivity index (χ3n) is 8.62. The average molecular weight is 656 g/mol. The lowest BCUT2D eigenvalue weighted by Gasteiger charge is -2.36. The van der Waals surface area contributed by atoms with Gasteiger partial charge in [-0.25, -0.2) is 4.90 Å². The molecule has 0 fully saturated rings. The summed E-state index contributed by atoms with van der Waals surface area (Å²) in [6, 6.07) is 17.1. The molecule has 0 bridgehead atoms. The SMILES string of the molecule is CCO[C@H]1OC(C(=O)Nc2ccc(N3C(=O)c4ccc(Cl)cc4C3=O)c(C)c2)=C[C@@H](c2cn(C(C)=O)c3ccccc23)[C@@H]1CCCO. The Balaban J connectivity index is 1.32. The third-order valence-corrected chi connectivity index (χ3v) is 8.86. The Kier molecular flexibility index (Phi) is 9.01. The Morgan fingerprint density at radius 1 is 1.04 bits per heavy atom. The summed E-state index contributed by atoms with van der Waals surface area (Å²) < 4.78 is 13.8. The van der Waals surface area contributed by atoms with E-state index < -0.39 is 24.0 Å². The van der Waals surface area contributed by atoms with E-state index in [0.717, 1.165) is 21.4 Å². The first-order valence-corrected chi connectivity index (χ1v) is 15.8. The first-order valence-electron chi connectivity index (χ1n) is 15.4. The van der Waals surface area contributed by atoms with Gasteiger partial charge in [0.15, 0.2) is 5.76 Å². The largest absolute Gasteiger partial charge is 0.459 e. The molecule has 10 nitrogen and oxygen atoms in total. The number of nitrogens with zero attached hydrogens (tertiary/aromatic N) is 2. The Hall–Kier alpha value is -4.77. The summed E-state index contributed by atoms with van der Waals surface area (Å²) in [5.41, 5.74) is 3.53. The average Bonchev–Trinajstić information content (AvgIpc) is 3.55. The number of allylic oxidation sites excluding steroid dienone is 1. The predicted molar refractivity (Wildman–Crippen MR) is 178 cm³/mol. The van der Waals surface area contributed by atoms with E-state index in [1.165, 1.54) is 19.1 Å². The maximum atomic E-state index is 13.7. The van der Waals surface area contributed by atoms with Crippen LogP contribution < -0.4 is 10.2 Å². The molecule has 4 aromatic rings. The molecular formula is C36H34ClN3O7. The maximum absolute atomic E-state index is 13.7. The number of carbonyl (C=O) groups is 4. The van der Waals surface area contributed by atoms with Crippen molar-refractivity contribution in [1.29, 1.82) is 0 Å². The third kappa shape index (κ3) is 5.95. The van der Waals surface area contributed by atoms with Crippen molar-refractivity contribution in [2.24, 2.45) is 5.92 Å². The standard InChI is InChI=1S/C36H34ClN3O7/c1-4-46-36-26(9-7-15-41)27(29-19-39(21(3)42)31-10-6-5-8-24(29)31)18-32(47-36)33(43)38-23-12-14-30(20(2)16-23)40-34(44)25-13-11-22(37)17-28(25)35(40)45/h5-6,8,10-14,16-19,26-27,36,41H,4,7,9,15H2,1-3H3,(H,38,43)/t26-,27+,36-/m0/s1. The van der Waals surface area contributed by atoms with Gasteiger partial charge in [-0.2, -0.15) is 0 Å². The molecule has 0 saturated heterocycles. The second kappa shape index (κ2) is 13.2. The number of nitrogens with one attached hydrogen (secondary N) is 1. The zero-order valence-electron chi connectivity index (χ0n) is 26.2. The van der Waals surface area contributed by atoms with Gasteiger partial charge in [-0.3, -0.25) is 23.7 Å². The Morgan fingerprint density at radius 2 is 1.81 bits per heavy atom. The van der Waals surface area contributed by atoms with E-state index in [9.17, 15) is 24.3 Å². The molecular weight excluding hydrogens is 622 g/mol. The highest BCUT2D eigenvalue weighted by molar-refractivity contribution is 6.37. The van der Waals surface area contributed by atoms with Crippen LogP contribution in [0.25, 0.3) is 10.9 Å². The van der Waals surface area contributed by atoms with E-state index in [-0.39, 0.29) is 41.2 Å². The van der Waals surface area contributed by atoms with Gasteiger partial charge in [0.05, 0.1) is 22.3 Å². The van der Waals surface area contributed by atoms with E-state index in [4.69, 9.17) is 21.1 Å². The fourth-order valence-electron chi connectivity index (χ4n) is 6.46. The lowest BCUT2D eigenvalue weighted by atomic mass is 9.80. The lowest BCUT2D eigenvalue weighted by Crippen LogP contribution is -2.37. The number of aliphatic hydroxyl groups excluding tert-OH is 1. The van der Waals surface area contributed by atoms with Gasteiger partial charge in [0.25, 0.3) is 17.7 Å². The molecule has 0 spiro atoms. The van der Waals surface area contributed by atoms with Crippen molar-refractivity contribution < 1.29 is 33.8 Å². The molecule has 3 heterocycles. The summed E-state index contributed by atoms with van der Waals surface area (Å²) in [6.45, 7) is 5.41. The number of imide groups is 1. The summed E-state index contributed by atoms with van der Waals surface area (Å²) in [4.78, 5) is 53.6. The molecule has 242 valence electrons. The van der Waals surface area contributed by atoms with E-state index in [2.05, 4.69) is 5.32 Å². The number of anilines is 2. The van der Waals surface area contributed by atoms with Crippen molar-refractivity contribution >= 4 is 57.5 Å². The van der Waals surface area contributed by atoms with E-state index >= 15 is 0 Å². The molecule has 3 aromatic carbocycles. The molecule has 11 heteroatoms. The normalized spacial score (nSPS) is 19.0. The number of aryl methyl sites for hydroxylation is 1. The van der Waals surface area contributed by atoms with Gasteiger partial charge in [-0.1, -0.05) is 29.8 Å². The number of ether oxygens (including phenoxy) is 2. The Labute approximate surface area is 276 Å². The first kappa shape index (κ1) is 32.2. The number of aliphatic hydroxyl groups is 1. The number of hydrogen-bond acceptors (Lipinski definition) is 7. The molecule has 2 N–H and O–H groups in total. The number of aromatic nitrogens is 1. The number of fused-ring (bicyclic) bond motifs is 2. The van der Waals surface area contributed by atoms with Crippen LogP contribution in [0.5, 0.6) is 0 Å². The highest BCUT2D eigenvalue weighted by Crippen LogP contribution is 2.43. The van der Waals surface area contributed by atoms with E-state index in [1.54, 1.807) is 48.0 Å². The van der Waals surface area contributed by atoms with Crippen LogP contribution in [0.4, 0.5) is 11.4 Å². The van der Waals surface area contributed by atoms with Gasteiger partial charge in [0, 0.05) is 54.3 Å². The maximum Gasteiger partial charge on any atom is 0.290 e. The molecule has 47 heavy (non-hydrogen) atoms. The van der Waals surface area contributed by atoms with E-state index in [1.807, 2.05) is 31.2 Å². The molecule has 0 saturated carbocycles. The van der Waals surface area contributed by atoms with Gasteiger partial charge < -0.3 is 19.9 Å². The van der Waals surface area contributed by atoms with Crippen molar-refractivity contribution in [3.63, 3.8) is 0 Å². The fraction of sp³-hybridized carbons (Fsp3) is 0.278. The highest BCUT2D eigenvalue weighted by Gasteiger charge is 2.40. The van der Waals surface area contributed by atoms with Crippen molar-refractivity contribution in [3.05, 3.63) is 106 Å². The number of hydrogen-bond donors (Lipinski definition) is 2. The molecule has 0 aliphatic carbocycles. The molecule has 0 unspecified atom stereocenters. The van der Waals surface area contributed by atoms with Crippen molar-refractivity contribution in [3.8, 4) is 0 Å². The number of rotatable bonds is 9. The molecule has 3 atom stereocenters. The second-order valence-corrected chi connectivity index (χ2v) is 12.0. The smallest absolute Gasteiger partial charge is 0.290 e. The Morgan fingerprint density at radius 3 is 2.53 bits per heavy atom. The highest BCUT2D eigenvalue weighted by atomic mass is 35.5. The molecule has 2 aliphatic rings. The quantitative estimate of drug-likeness (QED) is 0.198. The summed E-state index contributed by atoms with van der Waals surface area (Å²) in [6.07, 6.45) is 3.83. The minimum atomic E-state index is -0.784. The Bertz CT molecular complexity index is 1950. The van der Waals surface area contributed by atoms with Crippen molar-refractivity contribution in [2.75, 3.05) is 23.4 Å². The van der Waals surface area contributed by atoms with Crippen LogP contribution in [0.2, 0.25) is 5.02 Å². The number of halogens is 1. The van der Waals surface area contributed by atoms with Gasteiger partial charge in [0.2, 0.25) is 12.2 Å². The number of amides is 3. The lowest BCUT2D eigenvalue weighted by molar-refractivity contribution is -0.164. The summed E-state index contributed by atoms with van der Waals surface area (Å²) in [5, 5.41) is 13.8. The fourth-order valence-corrected chi connectivity index (χ4v) is 6.63. The molecule has 3 amide bonds. The molecule has 1 aromatic heterocycles. The van der Waals surface area contributed by atoms with Crippen LogP contribution in [-0.4, -0.2) is 52.8 Å². The van der Waals surface area contributed by atoms with Gasteiger partial charge >= 0.3 is 0 Å². The zero-order chi connectivity index (χ0) is 33.4. The predicted octanol–water partition coefficient (Wildman–Crippen LogP) is 6.45. The van der Waals surface area contributed by atoms with Gasteiger partial charge in [-0.15, -0.1) is 0 Å². The monoisotopic (exact) mass is 655 g/mol. The van der Waals surface area contributed by atoms with Crippen molar-refractivity contribution in [2.45, 2.75) is 45.8 Å². The minimum absolute atomic E-state index is 0.0157. The minimum Gasteiger partial charge on any atom is -0.459 e. The van der Waals surface area contributed by atoms with Crippen LogP contribution >= 0.6 is 11.6 Å². The van der Waals surface area contributed by atoms with Gasteiger partial charge in [-0.05, 0) is 86.4 Å². The zero-order valence-corrected chi connectivity index (χ0v) is 26.9. The van der Waals surface area contributed by atoms with Crippen LogP contribution in [0.15, 0.2) is 78.7 Å². The van der Waals surface area contributed by atoms with Crippen molar-refractivity contribution in [1.82, 2.24) is 4.57 Å². The van der Waals surface area contributed by atoms with Crippen LogP contribution in [-0.2, 0) is 14.3 Å². The van der Waals surface area contributed by atoms with Crippen LogP contribution in [0, 0.1) is 12.8 Å². The second-order valence-electron chi connectivity index (χ2n) is 11.6. The van der Waals surface area contributed by atoms with Crippen LogP contribution in [0.1, 0.15) is 69.2 Å². The molecule has 0 radical (unpaired) electrons.